The molecule has 12 aromatic carbocycles. The molecule has 0 atom stereocenters. The van der Waals surface area contributed by atoms with Gasteiger partial charge in [0.1, 0.15) is 0 Å². The Balaban J connectivity index is 0.992. The van der Waals surface area contributed by atoms with Gasteiger partial charge in [-0.05, 0) is 202 Å². The summed E-state index contributed by atoms with van der Waals surface area (Å²) in [5.74, 6) is 0. The summed E-state index contributed by atoms with van der Waals surface area (Å²) < 4.78 is 0. The predicted octanol–water partition coefficient (Wildman–Crippen LogP) is 21.8. The van der Waals surface area contributed by atoms with Crippen LogP contribution in [-0.4, -0.2) is 12.3 Å². The van der Waals surface area contributed by atoms with Crippen LogP contribution in [0.5, 0.6) is 0 Å². The number of benzene rings is 12. The fourth-order valence-electron chi connectivity index (χ4n) is 18.4. The molecule has 6 aliphatic rings. The molecular formula is C92H80BN3. The first-order valence-corrected chi connectivity index (χ1v) is 34.6. The van der Waals surface area contributed by atoms with E-state index in [1.807, 2.05) is 0 Å². The van der Waals surface area contributed by atoms with Crippen LogP contribution in [0.4, 0.5) is 45.5 Å². The van der Waals surface area contributed by atoms with Crippen LogP contribution in [0, 0.1) is 6.92 Å². The Morgan fingerprint density at radius 2 is 0.729 bits per heavy atom. The van der Waals surface area contributed by atoms with Crippen LogP contribution in [0.3, 0.4) is 0 Å². The fraction of sp³-hybridized carbons (Fsp3) is 0.196. The summed E-state index contributed by atoms with van der Waals surface area (Å²) in [6, 6.07) is 97.5. The molecule has 18 rings (SSSR count). The molecule has 2 heterocycles. The van der Waals surface area contributed by atoms with E-state index in [2.05, 4.69) is 359 Å². The molecule has 2 aliphatic heterocycles. The van der Waals surface area contributed by atoms with Gasteiger partial charge in [-0.15, -0.1) is 6.58 Å². The Kier molecular flexibility index (Phi) is 12.2. The third-order valence-corrected chi connectivity index (χ3v) is 22.9. The molecule has 4 aliphatic carbocycles. The van der Waals surface area contributed by atoms with E-state index in [0.717, 1.165) is 5.69 Å². The Labute approximate surface area is 568 Å². The highest BCUT2D eigenvalue weighted by molar-refractivity contribution is 7.00. The Morgan fingerprint density at radius 3 is 1.15 bits per heavy atom. The second-order valence-corrected chi connectivity index (χ2v) is 31.7. The van der Waals surface area contributed by atoms with Crippen LogP contribution in [0.2, 0.25) is 0 Å². The van der Waals surface area contributed by atoms with Gasteiger partial charge in [-0.3, -0.25) is 0 Å². The van der Waals surface area contributed by atoms with Crippen molar-refractivity contribution in [3.63, 3.8) is 0 Å². The summed E-state index contributed by atoms with van der Waals surface area (Å²) in [7, 11) is 0. The van der Waals surface area contributed by atoms with Crippen molar-refractivity contribution in [2.75, 3.05) is 14.7 Å². The second kappa shape index (κ2) is 20.0. The molecule has 0 radical (unpaired) electrons. The number of rotatable bonds is 6. The molecule has 2 spiro atoms. The molecule has 0 N–H and O–H groups in total. The lowest BCUT2D eigenvalue weighted by atomic mass is 9.33. The number of nitrogens with zero attached hydrogens (tertiary/aromatic N) is 3. The highest BCUT2D eigenvalue weighted by Crippen LogP contribution is 2.68. The zero-order valence-corrected chi connectivity index (χ0v) is 57.4. The van der Waals surface area contributed by atoms with Crippen LogP contribution < -0.4 is 31.1 Å². The monoisotopic (exact) mass is 1240 g/mol. The molecule has 3 nitrogen and oxygen atoms in total. The van der Waals surface area contributed by atoms with Crippen molar-refractivity contribution in [1.82, 2.24) is 0 Å². The minimum Gasteiger partial charge on any atom is -0.332 e. The van der Waals surface area contributed by atoms with E-state index in [1.165, 1.54) is 167 Å². The lowest BCUT2D eigenvalue weighted by molar-refractivity contribution is 0.588. The maximum Gasteiger partial charge on any atom is 0.252 e. The molecule has 12 aromatic rings. The number of hydrogen-bond acceptors (Lipinski definition) is 3. The van der Waals surface area contributed by atoms with E-state index >= 15 is 0 Å². The van der Waals surface area contributed by atoms with Gasteiger partial charge in [0.2, 0.25) is 0 Å². The molecule has 0 aromatic heterocycles. The van der Waals surface area contributed by atoms with Gasteiger partial charge in [0.15, 0.2) is 0 Å². The summed E-state index contributed by atoms with van der Waals surface area (Å²) in [6.45, 7) is 32.6. The molecule has 0 amide bonds. The Bertz CT molecular complexity index is 5240. The number of anilines is 8. The smallest absolute Gasteiger partial charge is 0.252 e. The predicted molar refractivity (Wildman–Crippen MR) is 407 cm³/mol. The Hall–Kier alpha value is -10.2. The summed E-state index contributed by atoms with van der Waals surface area (Å²) in [6.07, 6.45) is 2.13. The number of fused-ring (bicyclic) bond motifs is 24. The standard InChI is InChI=1S/C92H80BN3/c1-14-90(12,13)96(77-49-45-57(51-56(77)2)87(3,4)5)60-47-48-75-81(55-60)95(80-44-28-36-68-66-34-20-26-42-74(66)92(85(68)80)71-39-23-17-31-63(71)64-32-18-24-40-72(64)92)83-54-59(89(9,10)11)53-82-86(83)93(75)76-52-58(88(6,7)8)46-50-78(76)94(82)79-43-27-35-67-65-33-19-25-41-73(65)91(84(67)79)69-37-21-15-29-61(69)62-30-16-22-38-70(62)91/h14-55H,1H2,2-13H3. The van der Waals surface area contributed by atoms with E-state index in [-0.39, 0.29) is 23.0 Å². The first-order chi connectivity index (χ1) is 46.2. The van der Waals surface area contributed by atoms with Crippen molar-refractivity contribution in [3.05, 3.63) is 328 Å². The van der Waals surface area contributed by atoms with Gasteiger partial charge >= 0.3 is 0 Å². The summed E-state index contributed by atoms with van der Waals surface area (Å²) in [5.41, 5.74) is 37.2. The van der Waals surface area contributed by atoms with Crippen molar-refractivity contribution in [3.8, 4) is 44.5 Å². The van der Waals surface area contributed by atoms with Gasteiger partial charge in [-0.25, -0.2) is 0 Å². The van der Waals surface area contributed by atoms with Gasteiger partial charge in [0.25, 0.3) is 6.71 Å². The highest BCUT2D eigenvalue weighted by atomic mass is 15.2. The molecule has 0 bridgehead atoms. The van der Waals surface area contributed by atoms with E-state index in [1.54, 1.807) is 0 Å². The zero-order chi connectivity index (χ0) is 65.9. The maximum atomic E-state index is 4.59. The summed E-state index contributed by atoms with van der Waals surface area (Å²) >= 11 is 0. The van der Waals surface area contributed by atoms with Crippen molar-refractivity contribution in [2.45, 2.75) is 116 Å². The molecule has 4 heteroatoms. The lowest BCUT2D eigenvalue weighted by Crippen LogP contribution is -2.62. The van der Waals surface area contributed by atoms with E-state index in [4.69, 9.17) is 0 Å². The van der Waals surface area contributed by atoms with Crippen molar-refractivity contribution >= 4 is 68.6 Å². The van der Waals surface area contributed by atoms with Gasteiger partial charge in [0.05, 0.1) is 27.7 Å². The minimum absolute atomic E-state index is 0.0150. The largest absolute Gasteiger partial charge is 0.332 e. The molecule has 0 saturated carbocycles. The fourth-order valence-corrected chi connectivity index (χ4v) is 18.4. The Morgan fingerprint density at radius 1 is 0.344 bits per heavy atom. The topological polar surface area (TPSA) is 9.72 Å². The van der Waals surface area contributed by atoms with Gasteiger partial charge in [-0.2, -0.15) is 0 Å². The highest BCUT2D eigenvalue weighted by Gasteiger charge is 2.57. The molecule has 0 fully saturated rings. The molecule has 0 saturated heterocycles. The van der Waals surface area contributed by atoms with E-state index < -0.39 is 16.4 Å². The van der Waals surface area contributed by atoms with E-state index in [0.29, 0.717) is 0 Å². The van der Waals surface area contributed by atoms with Crippen molar-refractivity contribution in [1.29, 1.82) is 0 Å². The molecular weight excluding hydrogens is 1160 g/mol. The number of hydrogen-bond donors (Lipinski definition) is 0. The van der Waals surface area contributed by atoms with Crippen molar-refractivity contribution < 1.29 is 0 Å². The molecule has 0 unspecified atom stereocenters. The molecule has 466 valence electrons. The van der Waals surface area contributed by atoms with Crippen molar-refractivity contribution in [2.24, 2.45) is 0 Å². The first-order valence-electron chi connectivity index (χ1n) is 34.6. The quantitative estimate of drug-likeness (QED) is 0.121. The van der Waals surface area contributed by atoms with E-state index in [9.17, 15) is 0 Å². The van der Waals surface area contributed by atoms with Crippen LogP contribution in [0.25, 0.3) is 44.5 Å². The zero-order valence-electron chi connectivity index (χ0n) is 57.4. The third kappa shape index (κ3) is 7.67. The second-order valence-electron chi connectivity index (χ2n) is 31.7. The van der Waals surface area contributed by atoms with Gasteiger partial charge in [-0.1, -0.05) is 269 Å². The first kappa shape index (κ1) is 58.4. The average molecular weight is 1240 g/mol. The summed E-state index contributed by atoms with van der Waals surface area (Å²) in [4.78, 5) is 8.07. The SMILES string of the molecule is C=CC(C)(C)N(c1ccc2c(c1)N(c1cccc3c1C1(c4ccccc4-c4ccccc41)c1ccccc1-3)c1cc(C(C)(C)C)cc3c1B2c1cc(C(C)(C)C)ccc1N3c1cccc2c1C1(c3ccccc3-c3ccccc31)c1ccccc1-2)c1ccc(C(C)(C)C)cc1C. The van der Waals surface area contributed by atoms with Crippen LogP contribution in [0.15, 0.2) is 261 Å². The summed E-state index contributed by atoms with van der Waals surface area (Å²) in [5, 5.41) is 0. The normalized spacial score (nSPS) is 15.0. The van der Waals surface area contributed by atoms with Gasteiger partial charge in [0, 0.05) is 45.3 Å². The van der Waals surface area contributed by atoms with Crippen LogP contribution in [-0.2, 0) is 27.1 Å². The maximum absolute atomic E-state index is 4.59. The average Bonchev–Trinajstić information content (AvgIpc) is 1.43. The molecule has 96 heavy (non-hydrogen) atoms. The number of aryl methyl sites for hydroxylation is 1. The third-order valence-electron chi connectivity index (χ3n) is 22.9. The van der Waals surface area contributed by atoms with Crippen LogP contribution in [0.1, 0.15) is 143 Å². The van der Waals surface area contributed by atoms with Gasteiger partial charge < -0.3 is 14.7 Å². The lowest BCUT2D eigenvalue weighted by Gasteiger charge is -2.47. The minimum atomic E-state index is -0.642. The van der Waals surface area contributed by atoms with Crippen LogP contribution >= 0.6 is 0 Å².